The molecule has 1 amide bonds. The van der Waals surface area contributed by atoms with Crippen molar-refractivity contribution in [2.75, 3.05) is 6.61 Å². The van der Waals surface area contributed by atoms with Gasteiger partial charge in [-0.3, -0.25) is 4.79 Å². The smallest absolute Gasteiger partial charge is 0.220 e. The van der Waals surface area contributed by atoms with Crippen LogP contribution in [0.3, 0.4) is 0 Å². The average Bonchev–Trinajstić information content (AvgIpc) is 3.30. The first-order valence-corrected chi connectivity index (χ1v) is 29.9. The van der Waals surface area contributed by atoms with Crippen molar-refractivity contribution in [2.24, 2.45) is 0 Å². The molecule has 0 saturated heterocycles. The summed E-state index contributed by atoms with van der Waals surface area (Å²) in [5, 5.41) is 23.2. The van der Waals surface area contributed by atoms with Gasteiger partial charge in [-0.05, 0) is 19.3 Å². The Kier molecular flexibility index (Phi) is 55.7. The van der Waals surface area contributed by atoms with Crippen molar-refractivity contribution >= 4 is 5.91 Å². The number of allylic oxidation sites excluding steroid dienone is 1. The third-order valence-electron chi connectivity index (χ3n) is 14.3. The molecule has 0 aliphatic heterocycles. The van der Waals surface area contributed by atoms with Crippen molar-refractivity contribution in [1.29, 1.82) is 0 Å². The second-order valence-corrected chi connectivity index (χ2v) is 20.8. The Bertz CT molecular complexity index is 890. The number of rotatable bonds is 56. The van der Waals surface area contributed by atoms with E-state index in [1.54, 1.807) is 6.08 Å². The van der Waals surface area contributed by atoms with Gasteiger partial charge in [-0.1, -0.05) is 334 Å². The van der Waals surface area contributed by atoms with E-state index in [4.69, 9.17) is 0 Å². The van der Waals surface area contributed by atoms with E-state index in [1.807, 2.05) is 6.08 Å². The molecule has 0 aromatic rings. The summed E-state index contributed by atoms with van der Waals surface area (Å²) in [7, 11) is 0. The van der Waals surface area contributed by atoms with Crippen LogP contribution >= 0.6 is 0 Å². The molecule has 0 bridgehead atoms. The van der Waals surface area contributed by atoms with Crippen molar-refractivity contribution in [3.8, 4) is 0 Å². The Labute approximate surface area is 403 Å². The fourth-order valence-electron chi connectivity index (χ4n) is 9.71. The summed E-state index contributed by atoms with van der Waals surface area (Å²) < 4.78 is 0. The summed E-state index contributed by atoms with van der Waals surface area (Å²) in [5.74, 6) is -0.0559. The molecule has 0 fully saturated rings. The van der Waals surface area contributed by atoms with Gasteiger partial charge in [-0.25, -0.2) is 0 Å². The highest BCUT2D eigenvalue weighted by atomic mass is 16.3. The van der Waals surface area contributed by atoms with Crippen LogP contribution in [0.15, 0.2) is 12.2 Å². The maximum atomic E-state index is 12.5. The molecule has 382 valence electrons. The Hall–Kier alpha value is -0.870. The van der Waals surface area contributed by atoms with Crippen LogP contribution < -0.4 is 5.32 Å². The van der Waals surface area contributed by atoms with Gasteiger partial charge < -0.3 is 15.5 Å². The maximum absolute atomic E-state index is 12.5. The quantitative estimate of drug-likeness (QED) is 0.0421. The summed E-state index contributed by atoms with van der Waals surface area (Å²) in [5.41, 5.74) is 0. The lowest BCUT2D eigenvalue weighted by Crippen LogP contribution is -2.45. The van der Waals surface area contributed by atoms with Gasteiger partial charge in [0.15, 0.2) is 0 Å². The van der Waals surface area contributed by atoms with Crippen LogP contribution in [0.1, 0.15) is 348 Å². The normalized spacial score (nSPS) is 12.8. The third kappa shape index (κ3) is 52.1. The molecule has 0 aromatic carbocycles. The van der Waals surface area contributed by atoms with Gasteiger partial charge in [0, 0.05) is 6.42 Å². The molecule has 0 radical (unpaired) electrons. The Morgan fingerprint density at radius 1 is 0.359 bits per heavy atom. The summed E-state index contributed by atoms with van der Waals surface area (Å²) >= 11 is 0. The van der Waals surface area contributed by atoms with Gasteiger partial charge in [0.1, 0.15) is 0 Å². The highest BCUT2D eigenvalue weighted by Gasteiger charge is 2.18. The first kappa shape index (κ1) is 63.1. The molecule has 0 aliphatic carbocycles. The lowest BCUT2D eigenvalue weighted by Gasteiger charge is -2.20. The Morgan fingerprint density at radius 2 is 0.578 bits per heavy atom. The molecule has 4 heteroatoms. The Morgan fingerprint density at radius 3 is 0.812 bits per heavy atom. The van der Waals surface area contributed by atoms with Crippen LogP contribution in [0.25, 0.3) is 0 Å². The van der Waals surface area contributed by atoms with Crippen LogP contribution in [-0.2, 0) is 4.79 Å². The second kappa shape index (κ2) is 56.5. The van der Waals surface area contributed by atoms with E-state index in [2.05, 4.69) is 19.2 Å². The highest BCUT2D eigenvalue weighted by Crippen LogP contribution is 2.18. The van der Waals surface area contributed by atoms with Gasteiger partial charge in [-0.15, -0.1) is 0 Å². The summed E-state index contributed by atoms with van der Waals surface area (Å²) in [4.78, 5) is 12.5. The summed E-state index contributed by atoms with van der Waals surface area (Å²) in [6.45, 7) is 4.35. The second-order valence-electron chi connectivity index (χ2n) is 20.8. The molecule has 0 saturated carbocycles. The molecule has 2 atom stereocenters. The molecular formula is C60H119NO3. The number of carbonyl (C=O) groups excluding carboxylic acids is 1. The fraction of sp³-hybridized carbons (Fsp3) is 0.950. The van der Waals surface area contributed by atoms with Gasteiger partial charge in [0.25, 0.3) is 0 Å². The van der Waals surface area contributed by atoms with Crippen molar-refractivity contribution < 1.29 is 15.0 Å². The van der Waals surface area contributed by atoms with E-state index in [0.29, 0.717) is 6.42 Å². The SMILES string of the molecule is CCCCCCCCCCCCCCCCCCCCCCCCCCCCCCCCC/C=C/C(O)C(CO)NC(=O)CCCCCCCCCCCCCCCCCCCCC. The van der Waals surface area contributed by atoms with Crippen molar-refractivity contribution in [1.82, 2.24) is 5.32 Å². The van der Waals surface area contributed by atoms with E-state index >= 15 is 0 Å². The van der Waals surface area contributed by atoms with Crippen LogP contribution in [0, 0.1) is 0 Å². The van der Waals surface area contributed by atoms with Crippen molar-refractivity contribution in [3.63, 3.8) is 0 Å². The largest absolute Gasteiger partial charge is 0.394 e. The van der Waals surface area contributed by atoms with Crippen LogP contribution in [0.4, 0.5) is 0 Å². The first-order valence-electron chi connectivity index (χ1n) is 29.9. The zero-order valence-corrected chi connectivity index (χ0v) is 44.1. The van der Waals surface area contributed by atoms with Gasteiger partial charge in [0.05, 0.1) is 18.8 Å². The van der Waals surface area contributed by atoms with E-state index in [-0.39, 0.29) is 12.5 Å². The number of aliphatic hydroxyl groups excluding tert-OH is 2. The summed E-state index contributed by atoms with van der Waals surface area (Å²) in [6.07, 6.45) is 74.0. The zero-order chi connectivity index (χ0) is 46.3. The monoisotopic (exact) mass is 902 g/mol. The van der Waals surface area contributed by atoms with Crippen LogP contribution in [0.2, 0.25) is 0 Å². The lowest BCUT2D eigenvalue weighted by atomic mass is 10.0. The van der Waals surface area contributed by atoms with Gasteiger partial charge in [0.2, 0.25) is 5.91 Å². The average molecular weight is 903 g/mol. The lowest BCUT2D eigenvalue weighted by molar-refractivity contribution is -0.123. The number of hydrogen-bond donors (Lipinski definition) is 3. The van der Waals surface area contributed by atoms with E-state index in [9.17, 15) is 15.0 Å². The number of amides is 1. The number of carbonyl (C=O) groups is 1. The molecule has 3 N–H and O–H groups in total. The summed E-state index contributed by atoms with van der Waals surface area (Å²) in [6, 6.07) is -0.618. The fourth-order valence-corrected chi connectivity index (χ4v) is 9.71. The minimum Gasteiger partial charge on any atom is -0.394 e. The molecule has 2 unspecified atom stereocenters. The van der Waals surface area contributed by atoms with Gasteiger partial charge in [-0.2, -0.15) is 0 Å². The van der Waals surface area contributed by atoms with Crippen molar-refractivity contribution in [2.45, 2.75) is 360 Å². The molecule has 4 nitrogen and oxygen atoms in total. The zero-order valence-electron chi connectivity index (χ0n) is 44.1. The predicted octanol–water partition coefficient (Wildman–Crippen LogP) is 19.7. The minimum absolute atomic E-state index is 0.0559. The standard InChI is InChI=1S/C60H119NO3/c1-3-5-7-9-11-13-15-17-19-21-23-24-25-26-27-28-29-30-31-32-33-34-35-36-38-39-41-43-45-47-49-51-53-55-59(63)58(57-62)61-60(64)56-54-52-50-48-46-44-42-40-37-22-20-18-16-14-12-10-8-6-4-2/h53,55,58-59,62-63H,3-52,54,56-57H2,1-2H3,(H,61,64)/b55-53+. The molecule has 0 spiro atoms. The number of unbranched alkanes of at least 4 members (excludes halogenated alkanes) is 49. The predicted molar refractivity (Wildman–Crippen MR) is 286 cm³/mol. The molecule has 0 heterocycles. The number of nitrogens with one attached hydrogen (secondary N) is 1. The van der Waals surface area contributed by atoms with E-state index < -0.39 is 12.1 Å². The maximum Gasteiger partial charge on any atom is 0.220 e. The Balaban J connectivity index is 3.41. The molecule has 0 aromatic heterocycles. The van der Waals surface area contributed by atoms with E-state index in [0.717, 1.165) is 25.7 Å². The van der Waals surface area contributed by atoms with Crippen LogP contribution in [0.5, 0.6) is 0 Å². The first-order chi connectivity index (χ1) is 31.7. The topological polar surface area (TPSA) is 69.6 Å². The van der Waals surface area contributed by atoms with Crippen LogP contribution in [-0.4, -0.2) is 34.9 Å². The third-order valence-corrected chi connectivity index (χ3v) is 14.3. The molecule has 0 rings (SSSR count). The molecule has 64 heavy (non-hydrogen) atoms. The molecule has 0 aliphatic rings. The minimum atomic E-state index is -0.836. The van der Waals surface area contributed by atoms with Gasteiger partial charge >= 0.3 is 0 Å². The molecular weight excluding hydrogens is 783 g/mol. The van der Waals surface area contributed by atoms with Crippen molar-refractivity contribution in [3.05, 3.63) is 12.2 Å². The number of aliphatic hydroxyl groups is 2. The highest BCUT2D eigenvalue weighted by molar-refractivity contribution is 5.76. The van der Waals surface area contributed by atoms with E-state index in [1.165, 1.54) is 302 Å². The number of hydrogen-bond acceptors (Lipinski definition) is 3.